The van der Waals surface area contributed by atoms with Gasteiger partial charge in [0, 0.05) is 17.0 Å². The highest BCUT2D eigenvalue weighted by Gasteiger charge is 2.91. The quantitative estimate of drug-likeness (QED) is 0.444. The summed E-state index contributed by atoms with van der Waals surface area (Å²) in [6.45, 7) is 2.11. The van der Waals surface area contributed by atoms with Gasteiger partial charge >= 0.3 is 0 Å². The first kappa shape index (κ1) is 19.6. The number of benzene rings is 3. The highest BCUT2D eigenvalue weighted by Crippen LogP contribution is 2.85. The Kier molecular flexibility index (Phi) is 4.29. The molecule has 30 heavy (non-hydrogen) atoms. The smallest absolute Gasteiger partial charge is 0.177 e. The molecule has 0 N–H and O–H groups in total. The number of fused-ring (bicyclic) bond motifs is 2. The van der Waals surface area contributed by atoms with E-state index in [1.165, 1.54) is 0 Å². The van der Waals surface area contributed by atoms with Gasteiger partial charge in [0.05, 0.1) is 19.6 Å². The molecule has 5 rings (SSSR count). The maximum absolute atomic E-state index is 7.12. The predicted molar refractivity (Wildman–Crippen MR) is 119 cm³/mol. The van der Waals surface area contributed by atoms with Gasteiger partial charge in [-0.3, -0.25) is 0 Å². The Morgan fingerprint density at radius 2 is 1.50 bits per heavy atom. The van der Waals surface area contributed by atoms with Crippen molar-refractivity contribution in [3.05, 3.63) is 89.5 Å². The minimum absolute atomic E-state index is 0.0354. The van der Waals surface area contributed by atoms with E-state index < -0.39 is 15.3 Å². The zero-order valence-corrected chi connectivity index (χ0v) is 18.5. The van der Waals surface area contributed by atoms with E-state index in [2.05, 4.69) is 25.1 Å². The average Bonchev–Trinajstić information content (AvgIpc) is 3.18. The van der Waals surface area contributed by atoms with Gasteiger partial charge in [0.1, 0.15) is 5.75 Å². The number of hydrogen-bond donors (Lipinski definition) is 0. The number of alkyl halides is 2. The van der Waals surface area contributed by atoms with Gasteiger partial charge in [-0.15, -0.1) is 0 Å². The first-order valence-corrected chi connectivity index (χ1v) is 10.6. The first-order valence-electron chi connectivity index (χ1n) is 9.85. The van der Waals surface area contributed by atoms with E-state index in [1.807, 2.05) is 54.6 Å². The third-order valence-corrected chi connectivity index (χ3v) is 8.07. The lowest BCUT2D eigenvalue weighted by Crippen LogP contribution is -2.33. The van der Waals surface area contributed by atoms with Crippen LogP contribution in [0.3, 0.4) is 0 Å². The van der Waals surface area contributed by atoms with Crippen molar-refractivity contribution in [3.8, 4) is 17.2 Å². The molecule has 0 unspecified atom stereocenters. The monoisotopic (exact) mass is 440 g/mol. The van der Waals surface area contributed by atoms with Crippen molar-refractivity contribution < 1.29 is 14.2 Å². The van der Waals surface area contributed by atoms with Gasteiger partial charge in [-0.1, -0.05) is 84.7 Å². The summed E-state index contributed by atoms with van der Waals surface area (Å²) in [6.07, 6.45) is 0. The fourth-order valence-corrected chi connectivity index (χ4v) is 6.29. The molecule has 1 fully saturated rings. The largest absolute Gasteiger partial charge is 0.493 e. The van der Waals surface area contributed by atoms with Crippen LogP contribution in [-0.4, -0.2) is 18.6 Å². The van der Waals surface area contributed by atoms with Crippen molar-refractivity contribution in [2.24, 2.45) is 5.41 Å². The van der Waals surface area contributed by atoms with E-state index in [4.69, 9.17) is 37.4 Å². The molecule has 3 atom stereocenters. The van der Waals surface area contributed by atoms with Crippen LogP contribution in [0.4, 0.5) is 0 Å². The number of halogens is 2. The lowest BCUT2D eigenvalue weighted by molar-refractivity contribution is 0.102. The van der Waals surface area contributed by atoms with Crippen LogP contribution < -0.4 is 14.2 Å². The van der Waals surface area contributed by atoms with Crippen LogP contribution in [0.2, 0.25) is 0 Å². The molecule has 3 aromatic carbocycles. The summed E-state index contributed by atoms with van der Waals surface area (Å²) in [7, 11) is 3.23. The van der Waals surface area contributed by atoms with E-state index in [0.717, 1.165) is 22.4 Å². The Balaban J connectivity index is 1.76. The van der Waals surface area contributed by atoms with E-state index in [1.54, 1.807) is 14.2 Å². The fourth-order valence-electron chi connectivity index (χ4n) is 5.21. The molecule has 0 bridgehead atoms. The molecule has 1 saturated carbocycles. The van der Waals surface area contributed by atoms with Gasteiger partial charge < -0.3 is 14.2 Å². The predicted octanol–water partition coefficient (Wildman–Crippen LogP) is 6.32. The van der Waals surface area contributed by atoms with Gasteiger partial charge in [0.15, 0.2) is 21.4 Å². The first-order chi connectivity index (χ1) is 14.4. The summed E-state index contributed by atoms with van der Waals surface area (Å²) < 4.78 is 16.5. The van der Waals surface area contributed by atoms with Crippen LogP contribution in [-0.2, 0) is 5.60 Å². The summed E-state index contributed by atoms with van der Waals surface area (Å²) in [5.74, 6) is 2.01. The highest BCUT2D eigenvalue weighted by molar-refractivity contribution is 6.53. The second-order valence-corrected chi connectivity index (χ2v) is 9.34. The van der Waals surface area contributed by atoms with E-state index >= 15 is 0 Å². The third-order valence-electron chi connectivity index (χ3n) is 6.76. The molecule has 0 spiro atoms. The standard InChI is InChI=1S/C25H22Cl2O3/c1-23-22(16-9-5-4-6-10-16)18-11-7-8-12-19(18)30-24(23,25(23,26)27)17-13-14-20(28-2)21(15-17)29-3/h4-15,22H,1-3H3/t22-,23-,24+/m1/s1. The molecule has 0 radical (unpaired) electrons. The van der Waals surface area contributed by atoms with Crippen LogP contribution >= 0.6 is 23.2 Å². The second-order valence-electron chi connectivity index (χ2n) is 8.01. The molecule has 3 nitrogen and oxygen atoms in total. The molecular weight excluding hydrogens is 419 g/mol. The Labute approximate surface area is 186 Å². The van der Waals surface area contributed by atoms with Gasteiger partial charge in [-0.25, -0.2) is 0 Å². The summed E-state index contributed by atoms with van der Waals surface area (Å²) in [6, 6.07) is 24.2. The molecule has 0 aromatic heterocycles. The lowest BCUT2D eigenvalue weighted by atomic mass is 9.74. The molecule has 1 aliphatic carbocycles. The molecule has 5 heteroatoms. The Morgan fingerprint density at radius 3 is 2.20 bits per heavy atom. The highest BCUT2D eigenvalue weighted by atomic mass is 35.5. The molecule has 0 saturated heterocycles. The van der Waals surface area contributed by atoms with Gasteiger partial charge in [0.2, 0.25) is 0 Å². The van der Waals surface area contributed by atoms with E-state index in [-0.39, 0.29) is 5.92 Å². The summed E-state index contributed by atoms with van der Waals surface area (Å²) in [5, 5.41) is 0. The van der Waals surface area contributed by atoms with Crippen molar-refractivity contribution in [1.82, 2.24) is 0 Å². The SMILES string of the molecule is COc1ccc([C@]23Oc4ccccc4[C@@H](c4ccccc4)[C@@]2(C)C3(Cl)Cl)cc1OC. The molecule has 0 amide bonds. The van der Waals surface area contributed by atoms with Crippen molar-refractivity contribution >= 4 is 23.2 Å². The van der Waals surface area contributed by atoms with Crippen LogP contribution in [0.1, 0.15) is 29.5 Å². The number of para-hydroxylation sites is 1. The number of rotatable bonds is 4. The Morgan fingerprint density at radius 1 is 0.833 bits per heavy atom. The molecule has 1 aliphatic heterocycles. The maximum Gasteiger partial charge on any atom is 0.177 e. The molecule has 2 aliphatic rings. The third kappa shape index (κ3) is 2.23. The van der Waals surface area contributed by atoms with Crippen molar-refractivity contribution in [2.45, 2.75) is 22.8 Å². The number of hydrogen-bond acceptors (Lipinski definition) is 3. The average molecular weight is 441 g/mol. The van der Waals surface area contributed by atoms with Crippen molar-refractivity contribution in [2.75, 3.05) is 14.2 Å². The zero-order chi connectivity index (χ0) is 21.1. The van der Waals surface area contributed by atoms with Crippen molar-refractivity contribution in [1.29, 1.82) is 0 Å². The molecule has 3 aromatic rings. The minimum atomic E-state index is -1.15. The fraction of sp³-hybridized carbons (Fsp3) is 0.280. The van der Waals surface area contributed by atoms with Gasteiger partial charge in [-0.05, 0) is 23.8 Å². The van der Waals surface area contributed by atoms with Crippen LogP contribution in [0.25, 0.3) is 0 Å². The van der Waals surface area contributed by atoms with Crippen LogP contribution in [0.15, 0.2) is 72.8 Å². The molecular formula is C25H22Cl2O3. The normalized spacial score (nSPS) is 28.0. The Bertz CT molecular complexity index is 1110. The number of methoxy groups -OCH3 is 2. The van der Waals surface area contributed by atoms with E-state index in [9.17, 15) is 0 Å². The van der Waals surface area contributed by atoms with Crippen molar-refractivity contribution in [3.63, 3.8) is 0 Å². The second kappa shape index (κ2) is 6.57. The summed E-state index contributed by atoms with van der Waals surface area (Å²) in [4.78, 5) is 0. The lowest BCUT2D eigenvalue weighted by Gasteiger charge is -2.36. The summed E-state index contributed by atoms with van der Waals surface area (Å²) in [5.41, 5.74) is 1.58. The number of ether oxygens (including phenoxy) is 3. The molecule has 1 heterocycles. The molecule has 154 valence electrons. The van der Waals surface area contributed by atoms with Gasteiger partial charge in [-0.2, -0.15) is 0 Å². The topological polar surface area (TPSA) is 27.7 Å². The summed E-state index contributed by atoms with van der Waals surface area (Å²) >= 11 is 14.2. The van der Waals surface area contributed by atoms with Crippen LogP contribution in [0.5, 0.6) is 17.2 Å². The van der Waals surface area contributed by atoms with E-state index in [0.29, 0.717) is 11.5 Å². The minimum Gasteiger partial charge on any atom is -0.493 e. The Hall–Kier alpha value is -2.36. The zero-order valence-electron chi connectivity index (χ0n) is 17.0. The van der Waals surface area contributed by atoms with Crippen LogP contribution in [0, 0.1) is 5.41 Å². The van der Waals surface area contributed by atoms with Gasteiger partial charge in [0.25, 0.3) is 0 Å². The maximum atomic E-state index is 7.12.